The van der Waals surface area contributed by atoms with Crippen LogP contribution in [-0.2, 0) is 13.0 Å². The summed E-state index contributed by atoms with van der Waals surface area (Å²) in [6.07, 6.45) is 5.12. The van der Waals surface area contributed by atoms with Crippen LogP contribution in [0.5, 0.6) is 0 Å². The first kappa shape index (κ1) is 17.1. The lowest BCUT2D eigenvalue weighted by Crippen LogP contribution is -2.27. The molecule has 1 aromatic carbocycles. The van der Waals surface area contributed by atoms with Crippen molar-refractivity contribution >= 4 is 34.3 Å². The Labute approximate surface area is 157 Å². The summed E-state index contributed by atoms with van der Waals surface area (Å²) in [5.41, 5.74) is 16.9. The van der Waals surface area contributed by atoms with Gasteiger partial charge >= 0.3 is 0 Å². The predicted octanol–water partition coefficient (Wildman–Crippen LogP) is 2.21. The molecule has 8 heteroatoms. The second-order valence-corrected chi connectivity index (χ2v) is 7.09. The fourth-order valence-corrected chi connectivity index (χ4v) is 3.97. The fourth-order valence-electron chi connectivity index (χ4n) is 3.67. The zero-order chi connectivity index (χ0) is 18.3. The predicted molar refractivity (Wildman–Crippen MR) is 104 cm³/mol. The van der Waals surface area contributed by atoms with E-state index in [-0.39, 0.29) is 6.04 Å². The van der Waals surface area contributed by atoms with Crippen molar-refractivity contribution in [1.82, 2.24) is 19.5 Å². The van der Waals surface area contributed by atoms with Crippen molar-refractivity contribution in [2.45, 2.75) is 32.4 Å². The Bertz CT molecular complexity index is 952. The highest BCUT2D eigenvalue weighted by Gasteiger charge is 2.25. The van der Waals surface area contributed by atoms with Crippen LogP contribution in [0.25, 0.3) is 11.2 Å². The van der Waals surface area contributed by atoms with Gasteiger partial charge in [-0.25, -0.2) is 15.0 Å². The Morgan fingerprint density at radius 2 is 2.12 bits per heavy atom. The highest BCUT2D eigenvalue weighted by Crippen LogP contribution is 2.35. The second-order valence-electron chi connectivity index (χ2n) is 6.69. The smallest absolute Gasteiger partial charge is 0.165 e. The maximum absolute atomic E-state index is 6.62. The topological polar surface area (TPSA) is 98.9 Å². The molecule has 4 N–H and O–H groups in total. The summed E-state index contributed by atoms with van der Waals surface area (Å²) in [5.74, 6) is 0.390. The number of nitrogen functional groups attached to an aromatic ring is 1. The Morgan fingerprint density at radius 3 is 2.85 bits per heavy atom. The van der Waals surface area contributed by atoms with E-state index in [1.807, 2.05) is 10.6 Å². The number of imidazole rings is 1. The lowest BCUT2D eigenvalue weighted by molar-refractivity contribution is 0.750. The fraction of sp³-hybridized carbons (Fsp3) is 0.389. The van der Waals surface area contributed by atoms with E-state index < -0.39 is 0 Å². The molecule has 3 heterocycles. The highest BCUT2D eigenvalue weighted by atomic mass is 35.5. The minimum Gasteiger partial charge on any atom is -0.382 e. The van der Waals surface area contributed by atoms with Crippen molar-refractivity contribution < 1.29 is 0 Å². The molecule has 0 bridgehead atoms. The van der Waals surface area contributed by atoms with E-state index >= 15 is 0 Å². The lowest BCUT2D eigenvalue weighted by Gasteiger charge is -2.25. The van der Waals surface area contributed by atoms with E-state index in [1.165, 1.54) is 17.5 Å². The van der Waals surface area contributed by atoms with Gasteiger partial charge in [0.2, 0.25) is 0 Å². The molecule has 2 aromatic heterocycles. The number of nitrogens with zero attached hydrogens (tertiary/aromatic N) is 5. The van der Waals surface area contributed by atoms with Crippen molar-refractivity contribution in [1.29, 1.82) is 0 Å². The Kier molecular flexibility index (Phi) is 4.42. The summed E-state index contributed by atoms with van der Waals surface area (Å²) < 4.78 is 2.00. The summed E-state index contributed by atoms with van der Waals surface area (Å²) in [6, 6.07) is 4.26. The molecule has 136 valence electrons. The van der Waals surface area contributed by atoms with Gasteiger partial charge in [-0.1, -0.05) is 24.6 Å². The molecule has 0 radical (unpaired) electrons. The number of aromatic nitrogens is 4. The molecule has 26 heavy (non-hydrogen) atoms. The maximum atomic E-state index is 6.62. The number of halogens is 1. The van der Waals surface area contributed by atoms with E-state index in [0.717, 1.165) is 42.3 Å². The van der Waals surface area contributed by atoms with E-state index in [4.69, 9.17) is 23.1 Å². The zero-order valence-corrected chi connectivity index (χ0v) is 15.4. The van der Waals surface area contributed by atoms with Crippen molar-refractivity contribution in [3.05, 3.63) is 40.9 Å². The van der Waals surface area contributed by atoms with Crippen LogP contribution in [0.15, 0.2) is 24.8 Å². The third-order valence-electron chi connectivity index (χ3n) is 5.01. The second kappa shape index (κ2) is 6.74. The molecule has 7 nitrogen and oxygen atoms in total. The molecule has 1 atom stereocenters. The zero-order valence-electron chi connectivity index (χ0n) is 14.7. The van der Waals surface area contributed by atoms with Gasteiger partial charge in [-0.2, -0.15) is 0 Å². The quantitative estimate of drug-likeness (QED) is 0.729. The van der Waals surface area contributed by atoms with E-state index in [0.29, 0.717) is 17.9 Å². The summed E-state index contributed by atoms with van der Waals surface area (Å²) >= 11 is 6.62. The minimum absolute atomic E-state index is 0.186. The third-order valence-corrected chi connectivity index (χ3v) is 5.32. The monoisotopic (exact) mass is 371 g/mol. The van der Waals surface area contributed by atoms with Crippen molar-refractivity contribution in [3.8, 4) is 0 Å². The van der Waals surface area contributed by atoms with E-state index in [9.17, 15) is 0 Å². The molecule has 1 saturated heterocycles. The summed E-state index contributed by atoms with van der Waals surface area (Å²) in [7, 11) is 0. The molecule has 1 fully saturated rings. The Morgan fingerprint density at radius 1 is 1.27 bits per heavy atom. The maximum Gasteiger partial charge on any atom is 0.165 e. The molecule has 4 rings (SSSR count). The summed E-state index contributed by atoms with van der Waals surface area (Å²) in [4.78, 5) is 15.0. The number of benzene rings is 1. The SMILES string of the molecule is CCc1ccc(Cl)c(N2CCC(N)C2)c1Cn1cnc2c(N)ncnc21. The van der Waals surface area contributed by atoms with Crippen LogP contribution in [0.4, 0.5) is 11.5 Å². The average molecular weight is 372 g/mol. The summed E-state index contributed by atoms with van der Waals surface area (Å²) in [6.45, 7) is 4.51. The van der Waals surface area contributed by atoms with Gasteiger partial charge in [0.1, 0.15) is 11.8 Å². The van der Waals surface area contributed by atoms with Crippen LogP contribution in [0, 0.1) is 0 Å². The third kappa shape index (κ3) is 2.87. The number of nitrogens with two attached hydrogens (primary N) is 2. The molecule has 3 aromatic rings. The van der Waals surface area contributed by atoms with Gasteiger partial charge in [0.25, 0.3) is 0 Å². The van der Waals surface area contributed by atoms with Crippen LogP contribution in [-0.4, -0.2) is 38.7 Å². The van der Waals surface area contributed by atoms with Crippen molar-refractivity contribution in [3.63, 3.8) is 0 Å². The van der Waals surface area contributed by atoms with Gasteiger partial charge in [0.05, 0.1) is 23.6 Å². The Hall–Kier alpha value is -2.38. The van der Waals surface area contributed by atoms with Crippen molar-refractivity contribution in [2.75, 3.05) is 23.7 Å². The average Bonchev–Trinajstić information content (AvgIpc) is 3.23. The van der Waals surface area contributed by atoms with Crippen LogP contribution in [0.3, 0.4) is 0 Å². The van der Waals surface area contributed by atoms with Gasteiger partial charge in [-0.15, -0.1) is 0 Å². The van der Waals surface area contributed by atoms with Gasteiger partial charge in [0, 0.05) is 19.1 Å². The van der Waals surface area contributed by atoms with Crippen molar-refractivity contribution in [2.24, 2.45) is 5.73 Å². The molecule has 0 spiro atoms. The lowest BCUT2D eigenvalue weighted by atomic mass is 10.0. The first-order chi connectivity index (χ1) is 12.6. The summed E-state index contributed by atoms with van der Waals surface area (Å²) in [5, 5.41) is 0.755. The van der Waals surface area contributed by atoms with Gasteiger partial charge in [0.15, 0.2) is 11.5 Å². The standard InChI is InChI=1S/C18H22ClN7/c1-2-11-3-4-14(19)16(25-6-5-12(20)7-25)13(11)8-26-10-24-15-17(21)22-9-23-18(15)26/h3-4,9-10,12H,2,5-8,20H2,1H3,(H2,21,22,23). The van der Waals surface area contributed by atoms with Crippen LogP contribution in [0.2, 0.25) is 5.02 Å². The number of fused-ring (bicyclic) bond motifs is 1. The normalized spacial score (nSPS) is 17.3. The number of hydrogen-bond acceptors (Lipinski definition) is 6. The molecule has 1 aliphatic heterocycles. The number of anilines is 2. The van der Waals surface area contributed by atoms with E-state index in [1.54, 1.807) is 6.33 Å². The molecular formula is C18H22ClN7. The van der Waals surface area contributed by atoms with Crippen LogP contribution in [0.1, 0.15) is 24.5 Å². The number of hydrogen-bond donors (Lipinski definition) is 2. The first-order valence-electron chi connectivity index (χ1n) is 8.80. The number of aryl methyl sites for hydroxylation is 1. The van der Waals surface area contributed by atoms with Crippen LogP contribution < -0.4 is 16.4 Å². The van der Waals surface area contributed by atoms with Gasteiger partial charge in [-0.05, 0) is 30.0 Å². The molecular weight excluding hydrogens is 350 g/mol. The molecule has 0 aliphatic carbocycles. The largest absolute Gasteiger partial charge is 0.382 e. The minimum atomic E-state index is 0.186. The molecule has 0 saturated carbocycles. The first-order valence-corrected chi connectivity index (χ1v) is 9.18. The highest BCUT2D eigenvalue weighted by molar-refractivity contribution is 6.33. The molecule has 1 aliphatic rings. The number of rotatable bonds is 4. The Balaban J connectivity index is 1.82. The molecule has 0 amide bonds. The molecule has 1 unspecified atom stereocenters. The van der Waals surface area contributed by atoms with Gasteiger partial charge < -0.3 is 20.9 Å². The van der Waals surface area contributed by atoms with E-state index in [2.05, 4.69) is 32.8 Å². The van der Waals surface area contributed by atoms with Crippen LogP contribution >= 0.6 is 11.6 Å². The van der Waals surface area contributed by atoms with Gasteiger partial charge in [-0.3, -0.25) is 0 Å².